The van der Waals surface area contributed by atoms with E-state index in [0.717, 1.165) is 56.3 Å². The molecule has 0 bridgehead atoms. The average Bonchev–Trinajstić information content (AvgIpc) is 3.48. The summed E-state index contributed by atoms with van der Waals surface area (Å²) in [7, 11) is 0. The minimum absolute atomic E-state index is 0.281. The standard InChI is InChI=1S/C32H30N4O/c1-21(2)35-29-17-7-5-15-27(29)33-31(35)23-11-9-13-25(19-23)37-26-14-10-12-24(20-26)32-34-28-16-6-8-18-30(28)36(32)22(3)4/h5-22H,1-4H3. The number of benzene rings is 4. The molecule has 5 nitrogen and oxygen atoms in total. The Morgan fingerprint density at radius 3 is 1.41 bits per heavy atom. The molecule has 0 aliphatic heterocycles. The molecule has 6 rings (SSSR count). The smallest absolute Gasteiger partial charge is 0.141 e. The fourth-order valence-electron chi connectivity index (χ4n) is 5.08. The van der Waals surface area contributed by atoms with Crippen LogP contribution in [0.25, 0.3) is 44.8 Å². The van der Waals surface area contributed by atoms with Crippen molar-refractivity contribution in [3.05, 3.63) is 97.1 Å². The third-order valence-corrected chi connectivity index (χ3v) is 6.64. The number of para-hydroxylation sites is 4. The maximum absolute atomic E-state index is 6.38. The lowest BCUT2D eigenvalue weighted by molar-refractivity contribution is 0.483. The lowest BCUT2D eigenvalue weighted by Gasteiger charge is -2.15. The molecule has 0 atom stereocenters. The van der Waals surface area contributed by atoms with Crippen LogP contribution in [0.3, 0.4) is 0 Å². The van der Waals surface area contributed by atoms with Crippen molar-refractivity contribution in [1.29, 1.82) is 0 Å². The van der Waals surface area contributed by atoms with Crippen LogP contribution in [0.15, 0.2) is 97.1 Å². The Morgan fingerprint density at radius 2 is 0.973 bits per heavy atom. The van der Waals surface area contributed by atoms with Gasteiger partial charge in [-0.1, -0.05) is 48.5 Å². The van der Waals surface area contributed by atoms with Crippen molar-refractivity contribution in [3.8, 4) is 34.3 Å². The molecule has 0 saturated heterocycles. The molecule has 0 saturated carbocycles. The summed E-state index contributed by atoms with van der Waals surface area (Å²) >= 11 is 0. The molecule has 5 heteroatoms. The highest BCUT2D eigenvalue weighted by atomic mass is 16.5. The van der Waals surface area contributed by atoms with Crippen LogP contribution in [-0.4, -0.2) is 19.1 Å². The molecule has 0 radical (unpaired) electrons. The van der Waals surface area contributed by atoms with E-state index >= 15 is 0 Å². The summed E-state index contributed by atoms with van der Waals surface area (Å²) in [6.07, 6.45) is 0. The second-order valence-electron chi connectivity index (χ2n) is 9.93. The Hall–Kier alpha value is -4.38. The Bertz CT molecular complexity index is 1600. The van der Waals surface area contributed by atoms with Crippen LogP contribution in [0.5, 0.6) is 11.5 Å². The molecule has 37 heavy (non-hydrogen) atoms. The van der Waals surface area contributed by atoms with Gasteiger partial charge in [0.15, 0.2) is 0 Å². The number of fused-ring (bicyclic) bond motifs is 2. The van der Waals surface area contributed by atoms with Crippen molar-refractivity contribution in [3.63, 3.8) is 0 Å². The monoisotopic (exact) mass is 486 g/mol. The fourth-order valence-corrected chi connectivity index (χ4v) is 5.08. The summed E-state index contributed by atoms with van der Waals surface area (Å²) in [6, 6.07) is 33.5. The van der Waals surface area contributed by atoms with E-state index in [9.17, 15) is 0 Å². The normalized spacial score (nSPS) is 11.7. The Morgan fingerprint density at radius 1 is 0.541 bits per heavy atom. The molecule has 0 aliphatic rings. The second-order valence-corrected chi connectivity index (χ2v) is 9.93. The van der Waals surface area contributed by atoms with E-state index in [4.69, 9.17) is 14.7 Å². The Balaban J connectivity index is 1.37. The van der Waals surface area contributed by atoms with Gasteiger partial charge in [0, 0.05) is 23.2 Å². The third-order valence-electron chi connectivity index (χ3n) is 6.64. The molecule has 2 heterocycles. The minimum atomic E-state index is 0.281. The van der Waals surface area contributed by atoms with Gasteiger partial charge in [0.05, 0.1) is 22.1 Å². The molecule has 0 spiro atoms. The number of nitrogens with zero attached hydrogens (tertiary/aromatic N) is 4. The summed E-state index contributed by atoms with van der Waals surface area (Å²) in [4.78, 5) is 9.90. The molecule has 0 fully saturated rings. The predicted octanol–water partition coefficient (Wildman–Crippen LogP) is 8.67. The zero-order chi connectivity index (χ0) is 25.5. The van der Waals surface area contributed by atoms with Crippen molar-refractivity contribution in [2.75, 3.05) is 0 Å². The molecule has 4 aromatic carbocycles. The molecule has 0 N–H and O–H groups in total. The van der Waals surface area contributed by atoms with Gasteiger partial charge in [-0.3, -0.25) is 0 Å². The van der Waals surface area contributed by atoms with Crippen LogP contribution in [0.2, 0.25) is 0 Å². The van der Waals surface area contributed by atoms with E-state index in [0.29, 0.717) is 0 Å². The van der Waals surface area contributed by atoms with Crippen LogP contribution >= 0.6 is 0 Å². The highest BCUT2D eigenvalue weighted by molar-refractivity contribution is 5.82. The summed E-state index contributed by atoms with van der Waals surface area (Å²) < 4.78 is 10.9. The van der Waals surface area contributed by atoms with E-state index in [1.54, 1.807) is 0 Å². The molecular formula is C32H30N4O. The minimum Gasteiger partial charge on any atom is -0.457 e. The summed E-state index contributed by atoms with van der Waals surface area (Å²) in [5.41, 5.74) is 6.33. The van der Waals surface area contributed by atoms with Gasteiger partial charge in [0.25, 0.3) is 0 Å². The first kappa shape index (κ1) is 23.0. The van der Waals surface area contributed by atoms with Crippen LogP contribution < -0.4 is 4.74 Å². The summed E-state index contributed by atoms with van der Waals surface area (Å²) in [5.74, 6) is 3.44. The molecule has 0 amide bonds. The number of aromatic nitrogens is 4. The zero-order valence-electron chi connectivity index (χ0n) is 21.6. The van der Waals surface area contributed by atoms with Crippen molar-refractivity contribution in [1.82, 2.24) is 19.1 Å². The van der Waals surface area contributed by atoms with Gasteiger partial charge in [-0.25, -0.2) is 9.97 Å². The number of ether oxygens (including phenoxy) is 1. The van der Waals surface area contributed by atoms with E-state index < -0.39 is 0 Å². The van der Waals surface area contributed by atoms with Crippen LogP contribution in [0.4, 0.5) is 0 Å². The highest BCUT2D eigenvalue weighted by Crippen LogP contribution is 2.34. The Kier molecular flexibility index (Phi) is 5.76. The fraction of sp³-hybridized carbons (Fsp3) is 0.188. The largest absolute Gasteiger partial charge is 0.457 e. The first-order valence-corrected chi connectivity index (χ1v) is 12.8. The van der Waals surface area contributed by atoms with Crippen molar-refractivity contribution < 1.29 is 4.74 Å². The predicted molar refractivity (Wildman–Crippen MR) is 151 cm³/mol. The summed E-state index contributed by atoms with van der Waals surface area (Å²) in [6.45, 7) is 8.75. The third kappa shape index (κ3) is 4.16. The average molecular weight is 487 g/mol. The van der Waals surface area contributed by atoms with Crippen molar-refractivity contribution in [2.45, 2.75) is 39.8 Å². The summed E-state index contributed by atoms with van der Waals surface area (Å²) in [5, 5.41) is 0. The number of imidazole rings is 2. The molecular weight excluding hydrogens is 456 g/mol. The maximum atomic E-state index is 6.38. The van der Waals surface area contributed by atoms with Gasteiger partial charge >= 0.3 is 0 Å². The zero-order valence-corrected chi connectivity index (χ0v) is 21.6. The van der Waals surface area contributed by atoms with E-state index in [1.807, 2.05) is 36.4 Å². The quantitative estimate of drug-likeness (QED) is 0.237. The lowest BCUT2D eigenvalue weighted by atomic mass is 10.1. The molecule has 6 aromatic rings. The van der Waals surface area contributed by atoms with Gasteiger partial charge < -0.3 is 13.9 Å². The first-order valence-electron chi connectivity index (χ1n) is 12.8. The van der Waals surface area contributed by atoms with Crippen molar-refractivity contribution in [2.24, 2.45) is 0 Å². The van der Waals surface area contributed by atoms with E-state index in [2.05, 4.69) is 97.5 Å². The topological polar surface area (TPSA) is 44.9 Å². The number of hydrogen-bond acceptors (Lipinski definition) is 3. The maximum Gasteiger partial charge on any atom is 0.141 e. The highest BCUT2D eigenvalue weighted by Gasteiger charge is 2.17. The first-order chi connectivity index (χ1) is 18.0. The van der Waals surface area contributed by atoms with Gasteiger partial charge in [-0.15, -0.1) is 0 Å². The van der Waals surface area contributed by atoms with Gasteiger partial charge in [-0.05, 0) is 76.2 Å². The molecule has 2 aromatic heterocycles. The Labute approximate surface area is 217 Å². The SMILES string of the molecule is CC(C)n1c(-c2cccc(Oc3cccc(-c4nc5ccccc5n4C(C)C)c3)c2)nc2ccccc21. The van der Waals surface area contributed by atoms with E-state index in [-0.39, 0.29) is 12.1 Å². The van der Waals surface area contributed by atoms with Crippen LogP contribution in [0.1, 0.15) is 39.8 Å². The molecule has 0 aliphatic carbocycles. The van der Waals surface area contributed by atoms with Crippen LogP contribution in [0, 0.1) is 0 Å². The second kappa shape index (κ2) is 9.25. The van der Waals surface area contributed by atoms with E-state index in [1.165, 1.54) is 0 Å². The number of hydrogen-bond donors (Lipinski definition) is 0. The van der Waals surface area contributed by atoms with Crippen molar-refractivity contribution >= 4 is 22.1 Å². The lowest BCUT2D eigenvalue weighted by Crippen LogP contribution is -2.03. The van der Waals surface area contributed by atoms with Gasteiger partial charge in [0.2, 0.25) is 0 Å². The number of rotatable bonds is 6. The van der Waals surface area contributed by atoms with Gasteiger partial charge in [0.1, 0.15) is 23.1 Å². The molecule has 184 valence electrons. The van der Waals surface area contributed by atoms with Gasteiger partial charge in [-0.2, -0.15) is 0 Å². The van der Waals surface area contributed by atoms with Crippen LogP contribution in [-0.2, 0) is 0 Å². The molecule has 0 unspecified atom stereocenters.